The second-order valence-electron chi connectivity index (χ2n) is 7.16. The van der Waals surface area contributed by atoms with Crippen molar-refractivity contribution in [2.75, 3.05) is 31.5 Å². The molecule has 0 saturated carbocycles. The van der Waals surface area contributed by atoms with Crippen molar-refractivity contribution < 1.29 is 14.7 Å². The van der Waals surface area contributed by atoms with Gasteiger partial charge in [0, 0.05) is 44.7 Å². The molecule has 3 N–H and O–H groups in total. The predicted molar refractivity (Wildman–Crippen MR) is 105 cm³/mol. The minimum atomic E-state index is -0.843. The van der Waals surface area contributed by atoms with Crippen molar-refractivity contribution in [1.82, 2.24) is 10.2 Å². The number of likely N-dealkylation sites (tertiary alicyclic amines) is 1. The number of hydrogen-bond donors (Lipinski definition) is 3. The van der Waals surface area contributed by atoms with Crippen LogP contribution in [0.1, 0.15) is 50.0 Å². The molecule has 0 aliphatic carbocycles. The van der Waals surface area contributed by atoms with E-state index in [1.54, 1.807) is 0 Å². The lowest BCUT2D eigenvalue weighted by atomic mass is 9.89. The van der Waals surface area contributed by atoms with Crippen LogP contribution in [0.15, 0.2) is 29.3 Å². The van der Waals surface area contributed by atoms with E-state index in [0.717, 1.165) is 57.1 Å². The second-order valence-corrected chi connectivity index (χ2v) is 7.16. The Morgan fingerprint density at radius 1 is 1.26 bits per heavy atom. The van der Waals surface area contributed by atoms with Crippen molar-refractivity contribution in [2.45, 2.75) is 44.4 Å². The molecule has 2 aliphatic heterocycles. The zero-order valence-electron chi connectivity index (χ0n) is 15.6. The zero-order valence-corrected chi connectivity index (χ0v) is 15.6. The minimum absolute atomic E-state index is 0.0577. The Hall–Kier alpha value is -2.57. The van der Waals surface area contributed by atoms with E-state index in [-0.39, 0.29) is 12.3 Å². The number of aliphatic imine (C=N–C) groups is 1. The number of aliphatic carboxylic acids is 1. The van der Waals surface area contributed by atoms with Gasteiger partial charge in [-0.05, 0) is 49.3 Å². The van der Waals surface area contributed by atoms with Gasteiger partial charge in [0.25, 0.3) is 0 Å². The van der Waals surface area contributed by atoms with E-state index >= 15 is 0 Å². The first kappa shape index (κ1) is 19.2. The van der Waals surface area contributed by atoms with Crippen LogP contribution in [0, 0.1) is 0 Å². The molecule has 0 atom stereocenters. The fourth-order valence-electron chi connectivity index (χ4n) is 3.63. The summed E-state index contributed by atoms with van der Waals surface area (Å²) in [5.41, 5.74) is 2.32. The van der Waals surface area contributed by atoms with Gasteiger partial charge in [-0.1, -0.05) is 12.1 Å². The first-order valence-electron chi connectivity index (χ1n) is 9.76. The number of carboxylic acid groups (broad SMARTS) is 1. The molecule has 1 aromatic rings. The lowest BCUT2D eigenvalue weighted by Crippen LogP contribution is -2.37. The Morgan fingerprint density at radius 3 is 2.78 bits per heavy atom. The summed E-state index contributed by atoms with van der Waals surface area (Å²) in [6.45, 7) is 3.28. The van der Waals surface area contributed by atoms with Gasteiger partial charge in [0.15, 0.2) is 5.96 Å². The Morgan fingerprint density at radius 2 is 2.07 bits per heavy atom. The maximum absolute atomic E-state index is 12.2. The highest BCUT2D eigenvalue weighted by Crippen LogP contribution is 2.30. The Balaban J connectivity index is 1.50. The van der Waals surface area contributed by atoms with Gasteiger partial charge in [-0.2, -0.15) is 0 Å². The van der Waals surface area contributed by atoms with Gasteiger partial charge in [0.05, 0.1) is 0 Å². The number of anilines is 1. The third kappa shape index (κ3) is 5.70. The SMILES string of the molecule is O=C(O)CCCC(=O)N1CCC(c2cccc(NC3=NCCCN3)c2)CC1. The molecule has 1 fully saturated rings. The van der Waals surface area contributed by atoms with Crippen LogP contribution in [0.5, 0.6) is 0 Å². The topological polar surface area (TPSA) is 94.0 Å². The molecule has 0 unspecified atom stereocenters. The summed E-state index contributed by atoms with van der Waals surface area (Å²) in [6.07, 6.45) is 3.74. The van der Waals surface area contributed by atoms with Crippen molar-refractivity contribution in [3.05, 3.63) is 29.8 Å². The lowest BCUT2D eigenvalue weighted by molar-refractivity contribution is -0.137. The van der Waals surface area contributed by atoms with Crippen molar-refractivity contribution in [3.63, 3.8) is 0 Å². The van der Waals surface area contributed by atoms with Gasteiger partial charge in [0.2, 0.25) is 5.91 Å². The Kier molecular flexibility index (Phi) is 6.68. The second kappa shape index (κ2) is 9.39. The highest BCUT2D eigenvalue weighted by molar-refractivity contribution is 5.94. The molecule has 1 amide bonds. The number of guanidine groups is 1. The molecule has 1 aromatic carbocycles. The number of benzene rings is 1. The van der Waals surface area contributed by atoms with Gasteiger partial charge in [-0.25, -0.2) is 0 Å². The van der Waals surface area contributed by atoms with Crippen LogP contribution in [0.3, 0.4) is 0 Å². The fraction of sp³-hybridized carbons (Fsp3) is 0.550. The van der Waals surface area contributed by atoms with E-state index in [0.29, 0.717) is 18.8 Å². The van der Waals surface area contributed by atoms with Crippen LogP contribution in [0.25, 0.3) is 0 Å². The number of amides is 1. The van der Waals surface area contributed by atoms with Crippen LogP contribution in [0.4, 0.5) is 5.69 Å². The fourth-order valence-corrected chi connectivity index (χ4v) is 3.63. The number of rotatable bonds is 6. The Bertz CT molecular complexity index is 696. The number of piperidine rings is 1. The van der Waals surface area contributed by atoms with Gasteiger partial charge in [-0.15, -0.1) is 0 Å². The molecule has 27 heavy (non-hydrogen) atoms. The van der Waals surface area contributed by atoms with E-state index in [1.807, 2.05) is 11.0 Å². The van der Waals surface area contributed by atoms with E-state index in [9.17, 15) is 9.59 Å². The van der Waals surface area contributed by atoms with Crippen LogP contribution >= 0.6 is 0 Å². The van der Waals surface area contributed by atoms with E-state index in [1.165, 1.54) is 5.56 Å². The summed E-state index contributed by atoms with van der Waals surface area (Å²) < 4.78 is 0. The molecule has 1 saturated heterocycles. The average molecular weight is 372 g/mol. The normalized spacial score (nSPS) is 17.8. The van der Waals surface area contributed by atoms with E-state index < -0.39 is 5.97 Å². The maximum atomic E-state index is 12.2. The largest absolute Gasteiger partial charge is 0.481 e. The van der Waals surface area contributed by atoms with Gasteiger partial charge in [0.1, 0.15) is 0 Å². The highest BCUT2D eigenvalue weighted by atomic mass is 16.4. The van der Waals surface area contributed by atoms with Crippen LogP contribution < -0.4 is 10.6 Å². The van der Waals surface area contributed by atoms with Gasteiger partial charge < -0.3 is 20.6 Å². The summed E-state index contributed by atoms with van der Waals surface area (Å²) in [7, 11) is 0. The number of carbonyl (C=O) groups excluding carboxylic acids is 1. The highest BCUT2D eigenvalue weighted by Gasteiger charge is 2.23. The molecule has 3 rings (SSSR count). The molecule has 146 valence electrons. The van der Waals surface area contributed by atoms with Crippen molar-refractivity contribution in [3.8, 4) is 0 Å². The molecule has 0 aromatic heterocycles. The number of carbonyl (C=O) groups is 2. The smallest absolute Gasteiger partial charge is 0.303 e. The maximum Gasteiger partial charge on any atom is 0.303 e. The average Bonchev–Trinajstić information content (AvgIpc) is 2.69. The molecule has 2 aliphatic rings. The van der Waals surface area contributed by atoms with Crippen molar-refractivity contribution in [2.24, 2.45) is 4.99 Å². The summed E-state index contributed by atoms with van der Waals surface area (Å²) in [5, 5.41) is 15.3. The zero-order chi connectivity index (χ0) is 19.1. The van der Waals surface area contributed by atoms with Crippen molar-refractivity contribution >= 4 is 23.5 Å². The summed E-state index contributed by atoms with van der Waals surface area (Å²) in [6, 6.07) is 8.43. The molecule has 2 heterocycles. The predicted octanol–water partition coefficient (Wildman–Crippen LogP) is 2.41. The van der Waals surface area contributed by atoms with Gasteiger partial charge >= 0.3 is 5.97 Å². The van der Waals surface area contributed by atoms with Crippen LogP contribution in [0.2, 0.25) is 0 Å². The molecule has 0 spiro atoms. The number of carboxylic acids is 1. The molecular weight excluding hydrogens is 344 g/mol. The van der Waals surface area contributed by atoms with Crippen molar-refractivity contribution in [1.29, 1.82) is 0 Å². The van der Waals surface area contributed by atoms with Crippen LogP contribution in [-0.2, 0) is 9.59 Å². The van der Waals surface area contributed by atoms with Gasteiger partial charge in [-0.3, -0.25) is 14.6 Å². The molecule has 0 radical (unpaired) electrons. The Labute approximate surface area is 159 Å². The monoisotopic (exact) mass is 372 g/mol. The standard InChI is InChI=1S/C20H28N4O3/c25-18(6-2-7-19(26)27)24-12-8-15(9-13-24)16-4-1-5-17(14-16)23-20-21-10-3-11-22-20/h1,4-5,14-15H,2-3,6-13H2,(H,26,27)(H2,21,22,23). The third-order valence-electron chi connectivity index (χ3n) is 5.15. The summed E-state index contributed by atoms with van der Waals surface area (Å²) in [4.78, 5) is 29.1. The number of hydrogen-bond acceptors (Lipinski definition) is 5. The third-order valence-corrected chi connectivity index (χ3v) is 5.15. The van der Waals surface area contributed by atoms with E-state index in [4.69, 9.17) is 5.11 Å². The minimum Gasteiger partial charge on any atom is -0.481 e. The lowest BCUT2D eigenvalue weighted by Gasteiger charge is -2.32. The molecular formula is C20H28N4O3. The van der Waals surface area contributed by atoms with E-state index in [2.05, 4.69) is 33.8 Å². The van der Waals surface area contributed by atoms with Crippen LogP contribution in [-0.4, -0.2) is 54.0 Å². The first-order valence-corrected chi connectivity index (χ1v) is 9.76. The number of nitrogens with zero attached hydrogens (tertiary/aromatic N) is 2. The number of nitrogens with one attached hydrogen (secondary N) is 2. The quantitative estimate of drug-likeness (QED) is 0.713. The molecule has 7 nitrogen and oxygen atoms in total. The molecule has 7 heteroatoms. The first-order chi connectivity index (χ1) is 13.1. The summed E-state index contributed by atoms with van der Waals surface area (Å²) in [5.74, 6) is 0.507. The summed E-state index contributed by atoms with van der Waals surface area (Å²) >= 11 is 0. The molecule has 0 bridgehead atoms.